The van der Waals surface area contributed by atoms with E-state index in [1.54, 1.807) is 18.3 Å². The second-order valence-corrected chi connectivity index (χ2v) is 7.46. The largest absolute Gasteiger partial charge is 0.325 e. The molecule has 1 fully saturated rings. The zero-order valence-electron chi connectivity index (χ0n) is 12.6. The first kappa shape index (κ1) is 16.4. The minimum atomic E-state index is -3.52. The molecule has 1 saturated carbocycles. The standard InChI is InChI=1S/C15H25N3O2S/c1-2-4-12-6-8-13(9-7-12)18-21(19,20)15-5-3-10-17-14(15)11-16/h3,5,10,12-13,18H,2,4,6-9,11,16H2,1H3. The van der Waals surface area contributed by atoms with E-state index in [1.165, 1.54) is 12.8 Å². The molecule has 0 spiro atoms. The lowest BCUT2D eigenvalue weighted by molar-refractivity contribution is 0.297. The molecule has 0 radical (unpaired) electrons. The fourth-order valence-corrected chi connectivity index (χ4v) is 4.59. The van der Waals surface area contributed by atoms with E-state index in [2.05, 4.69) is 16.6 Å². The van der Waals surface area contributed by atoms with Crippen LogP contribution in [0.25, 0.3) is 0 Å². The molecule has 1 aliphatic carbocycles. The van der Waals surface area contributed by atoms with Crippen LogP contribution in [0.15, 0.2) is 23.2 Å². The Morgan fingerprint density at radius 2 is 2.05 bits per heavy atom. The maximum Gasteiger partial charge on any atom is 0.242 e. The van der Waals surface area contributed by atoms with E-state index in [1.807, 2.05) is 0 Å². The van der Waals surface area contributed by atoms with Crippen LogP contribution in [0.1, 0.15) is 51.1 Å². The molecule has 118 valence electrons. The van der Waals surface area contributed by atoms with Gasteiger partial charge in [0.15, 0.2) is 0 Å². The Bertz CT molecular complexity index is 552. The monoisotopic (exact) mass is 311 g/mol. The molecule has 1 aromatic rings. The van der Waals surface area contributed by atoms with Gasteiger partial charge in [-0.25, -0.2) is 13.1 Å². The molecule has 5 nitrogen and oxygen atoms in total. The summed E-state index contributed by atoms with van der Waals surface area (Å²) in [5.41, 5.74) is 6.00. The SMILES string of the molecule is CCCC1CCC(NS(=O)(=O)c2cccnc2CN)CC1. The third-order valence-electron chi connectivity index (χ3n) is 4.20. The maximum atomic E-state index is 12.5. The normalized spacial score (nSPS) is 23.1. The van der Waals surface area contributed by atoms with Gasteiger partial charge in [-0.1, -0.05) is 19.8 Å². The van der Waals surface area contributed by atoms with Gasteiger partial charge in [0.05, 0.1) is 5.69 Å². The number of pyridine rings is 1. The average Bonchev–Trinajstić information content (AvgIpc) is 2.49. The summed E-state index contributed by atoms with van der Waals surface area (Å²) in [6.07, 6.45) is 8.08. The maximum absolute atomic E-state index is 12.5. The van der Waals surface area contributed by atoms with Gasteiger partial charge in [0, 0.05) is 18.8 Å². The van der Waals surface area contributed by atoms with Gasteiger partial charge in [-0.15, -0.1) is 0 Å². The highest BCUT2D eigenvalue weighted by Crippen LogP contribution is 2.28. The molecule has 2 rings (SSSR count). The molecule has 0 amide bonds. The molecule has 0 unspecified atom stereocenters. The highest BCUT2D eigenvalue weighted by molar-refractivity contribution is 7.89. The predicted octanol–water partition coefficient (Wildman–Crippen LogP) is 2.18. The van der Waals surface area contributed by atoms with Crippen LogP contribution in [0.3, 0.4) is 0 Å². The zero-order valence-corrected chi connectivity index (χ0v) is 13.4. The van der Waals surface area contributed by atoms with E-state index >= 15 is 0 Å². The number of hydrogen-bond acceptors (Lipinski definition) is 4. The Balaban J connectivity index is 2.02. The van der Waals surface area contributed by atoms with E-state index in [-0.39, 0.29) is 17.5 Å². The van der Waals surface area contributed by atoms with Crippen molar-refractivity contribution in [2.45, 2.75) is 62.9 Å². The minimum absolute atomic E-state index is 0.0361. The molecule has 21 heavy (non-hydrogen) atoms. The van der Waals surface area contributed by atoms with Crippen LogP contribution < -0.4 is 10.5 Å². The van der Waals surface area contributed by atoms with Gasteiger partial charge in [0.1, 0.15) is 4.90 Å². The summed E-state index contributed by atoms with van der Waals surface area (Å²) in [5.74, 6) is 0.758. The lowest BCUT2D eigenvalue weighted by atomic mass is 9.84. The van der Waals surface area contributed by atoms with Crippen molar-refractivity contribution in [1.29, 1.82) is 0 Å². The van der Waals surface area contributed by atoms with E-state index in [9.17, 15) is 8.42 Å². The van der Waals surface area contributed by atoms with Crippen molar-refractivity contribution in [3.63, 3.8) is 0 Å². The zero-order chi connectivity index (χ0) is 15.3. The molecule has 0 aromatic carbocycles. The van der Waals surface area contributed by atoms with Gasteiger partial charge >= 0.3 is 0 Å². The smallest absolute Gasteiger partial charge is 0.242 e. The molecule has 6 heteroatoms. The van der Waals surface area contributed by atoms with Crippen molar-refractivity contribution < 1.29 is 8.42 Å². The second kappa shape index (κ2) is 7.33. The van der Waals surface area contributed by atoms with Crippen LogP contribution in [0.4, 0.5) is 0 Å². The van der Waals surface area contributed by atoms with E-state index < -0.39 is 10.0 Å². The molecular formula is C15H25N3O2S. The number of nitrogens with zero attached hydrogens (tertiary/aromatic N) is 1. The summed E-state index contributed by atoms with van der Waals surface area (Å²) < 4.78 is 27.8. The van der Waals surface area contributed by atoms with Gasteiger partial charge in [-0.3, -0.25) is 4.98 Å². The second-order valence-electron chi connectivity index (χ2n) is 5.78. The van der Waals surface area contributed by atoms with Gasteiger partial charge in [0.25, 0.3) is 0 Å². The first-order valence-electron chi connectivity index (χ1n) is 7.73. The third kappa shape index (κ3) is 4.25. The molecule has 1 heterocycles. The number of sulfonamides is 1. The first-order chi connectivity index (χ1) is 10.1. The van der Waals surface area contributed by atoms with Crippen LogP contribution in [0, 0.1) is 5.92 Å². The van der Waals surface area contributed by atoms with Crippen molar-refractivity contribution in [3.8, 4) is 0 Å². The van der Waals surface area contributed by atoms with Crippen molar-refractivity contribution in [2.75, 3.05) is 0 Å². The van der Waals surface area contributed by atoms with Gasteiger partial charge < -0.3 is 5.73 Å². The van der Waals surface area contributed by atoms with E-state index in [4.69, 9.17) is 5.73 Å². The summed E-state index contributed by atoms with van der Waals surface area (Å²) in [4.78, 5) is 4.26. The number of nitrogens with one attached hydrogen (secondary N) is 1. The lowest BCUT2D eigenvalue weighted by Crippen LogP contribution is -2.38. The quantitative estimate of drug-likeness (QED) is 0.843. The van der Waals surface area contributed by atoms with Crippen molar-refractivity contribution >= 4 is 10.0 Å². The Morgan fingerprint density at radius 1 is 1.33 bits per heavy atom. The van der Waals surface area contributed by atoms with Gasteiger partial charge in [0.2, 0.25) is 10.0 Å². The summed E-state index contributed by atoms with van der Waals surface area (Å²) in [6.45, 7) is 2.33. The minimum Gasteiger partial charge on any atom is -0.325 e. The molecule has 0 atom stereocenters. The average molecular weight is 311 g/mol. The first-order valence-corrected chi connectivity index (χ1v) is 9.21. The highest BCUT2D eigenvalue weighted by atomic mass is 32.2. The lowest BCUT2D eigenvalue weighted by Gasteiger charge is -2.28. The Morgan fingerprint density at radius 3 is 2.67 bits per heavy atom. The van der Waals surface area contributed by atoms with Crippen LogP contribution in [0.5, 0.6) is 0 Å². The third-order valence-corrected chi connectivity index (χ3v) is 5.79. The van der Waals surface area contributed by atoms with Crippen LogP contribution in [-0.4, -0.2) is 19.4 Å². The Labute approximate surface area is 127 Å². The predicted molar refractivity (Wildman–Crippen MR) is 83.1 cm³/mol. The Hall–Kier alpha value is -0.980. The summed E-state index contributed by atoms with van der Waals surface area (Å²) in [6, 6.07) is 3.24. The summed E-state index contributed by atoms with van der Waals surface area (Å²) >= 11 is 0. The summed E-state index contributed by atoms with van der Waals surface area (Å²) in [5, 5.41) is 0. The number of rotatable bonds is 6. The molecule has 0 saturated heterocycles. The molecule has 3 N–H and O–H groups in total. The molecular weight excluding hydrogens is 286 g/mol. The van der Waals surface area contributed by atoms with Gasteiger partial charge in [-0.05, 0) is 43.7 Å². The van der Waals surface area contributed by atoms with E-state index in [0.29, 0.717) is 5.69 Å². The fourth-order valence-electron chi connectivity index (χ4n) is 3.08. The number of nitrogens with two attached hydrogens (primary N) is 1. The molecule has 0 aliphatic heterocycles. The van der Waals surface area contributed by atoms with Crippen molar-refractivity contribution in [3.05, 3.63) is 24.0 Å². The van der Waals surface area contributed by atoms with Crippen LogP contribution in [0.2, 0.25) is 0 Å². The Kier molecular flexibility index (Phi) is 5.72. The molecule has 1 aliphatic rings. The molecule has 0 bridgehead atoms. The molecule has 1 aromatic heterocycles. The van der Waals surface area contributed by atoms with Crippen molar-refractivity contribution in [2.24, 2.45) is 11.7 Å². The summed E-state index contributed by atoms with van der Waals surface area (Å²) in [7, 11) is -3.52. The van der Waals surface area contributed by atoms with Crippen LogP contribution >= 0.6 is 0 Å². The van der Waals surface area contributed by atoms with Crippen molar-refractivity contribution in [1.82, 2.24) is 9.71 Å². The highest BCUT2D eigenvalue weighted by Gasteiger charge is 2.26. The van der Waals surface area contributed by atoms with Crippen LogP contribution in [-0.2, 0) is 16.6 Å². The van der Waals surface area contributed by atoms with E-state index in [0.717, 1.165) is 31.6 Å². The number of aromatic nitrogens is 1. The fraction of sp³-hybridized carbons (Fsp3) is 0.667. The topological polar surface area (TPSA) is 85.1 Å². The number of hydrogen-bond donors (Lipinski definition) is 2. The van der Waals surface area contributed by atoms with Gasteiger partial charge in [-0.2, -0.15) is 0 Å².